The molecule has 1 heterocycles. The minimum atomic E-state index is 0.0775. The van der Waals surface area contributed by atoms with E-state index in [2.05, 4.69) is 33.1 Å². The van der Waals surface area contributed by atoms with Crippen molar-refractivity contribution in [3.8, 4) is 0 Å². The Labute approximate surface area is 92.5 Å². The Morgan fingerprint density at radius 1 is 1.50 bits per heavy atom. The number of halogens is 1. The molecule has 14 heavy (non-hydrogen) atoms. The van der Waals surface area contributed by atoms with Crippen LogP contribution in [0.5, 0.6) is 0 Å². The molecule has 1 aliphatic carbocycles. The topological polar surface area (TPSA) is 37.8 Å². The monoisotopic (exact) mass is 229 g/mol. The molecule has 1 aromatic heterocycles. The van der Waals surface area contributed by atoms with Crippen LogP contribution in [-0.2, 0) is 0 Å². The van der Waals surface area contributed by atoms with Crippen molar-refractivity contribution in [2.45, 2.75) is 31.7 Å². The highest BCUT2D eigenvalue weighted by Crippen LogP contribution is 2.29. The summed E-state index contributed by atoms with van der Waals surface area (Å²) < 4.78 is 8.05. The van der Waals surface area contributed by atoms with E-state index >= 15 is 0 Å². The van der Waals surface area contributed by atoms with Gasteiger partial charge < -0.3 is 5.32 Å². The second-order valence-corrected chi connectivity index (χ2v) is 4.69. The second kappa shape index (κ2) is 3.87. The molecule has 0 amide bonds. The largest absolute Gasteiger partial charge is 0.361 e. The molecule has 1 unspecified atom stereocenters. The highest BCUT2D eigenvalue weighted by atomic mass is 35.5. The van der Waals surface area contributed by atoms with Gasteiger partial charge in [0, 0.05) is 5.54 Å². The zero-order valence-corrected chi connectivity index (χ0v) is 9.53. The first kappa shape index (κ1) is 9.93. The van der Waals surface area contributed by atoms with E-state index in [4.69, 9.17) is 11.6 Å². The molecule has 1 atom stereocenters. The van der Waals surface area contributed by atoms with Crippen LogP contribution in [-0.4, -0.2) is 14.3 Å². The second-order valence-electron chi connectivity index (χ2n) is 3.80. The van der Waals surface area contributed by atoms with Gasteiger partial charge in [-0.25, -0.2) is 0 Å². The van der Waals surface area contributed by atoms with Crippen molar-refractivity contribution in [2.75, 3.05) is 5.32 Å². The van der Waals surface area contributed by atoms with Crippen LogP contribution in [0.25, 0.3) is 0 Å². The molecule has 0 aliphatic heterocycles. The fourth-order valence-corrected chi connectivity index (χ4v) is 2.26. The van der Waals surface area contributed by atoms with Crippen molar-refractivity contribution in [2.24, 2.45) is 0 Å². The van der Waals surface area contributed by atoms with Gasteiger partial charge in [-0.15, -0.1) is 0 Å². The Morgan fingerprint density at radius 3 is 2.93 bits per heavy atom. The van der Waals surface area contributed by atoms with Gasteiger partial charge in [0.2, 0.25) is 0 Å². The van der Waals surface area contributed by atoms with Crippen LogP contribution in [0.4, 0.5) is 5.82 Å². The Balaban J connectivity index is 2.10. The molecule has 0 bridgehead atoms. The molecule has 0 fully saturated rings. The van der Waals surface area contributed by atoms with Crippen LogP contribution >= 0.6 is 23.3 Å². The molecule has 3 nitrogen and oxygen atoms in total. The lowest BCUT2D eigenvalue weighted by Crippen LogP contribution is -2.35. The van der Waals surface area contributed by atoms with Crippen molar-refractivity contribution in [3.63, 3.8) is 0 Å². The predicted octanol–water partition coefficient (Wildman–Crippen LogP) is 3.10. The molecular weight excluding hydrogens is 218 g/mol. The van der Waals surface area contributed by atoms with Crippen LogP contribution in [0.15, 0.2) is 12.2 Å². The first-order valence-electron chi connectivity index (χ1n) is 4.61. The van der Waals surface area contributed by atoms with E-state index in [0.717, 1.165) is 36.8 Å². The number of hydrogen-bond acceptors (Lipinski definition) is 4. The third-order valence-electron chi connectivity index (χ3n) is 2.47. The standard InChI is InChI=1S/C9H12ClN3S/c1-9(5-3-2-4-6-9)11-8-7(10)12-14-13-8/h2-3H,4-6H2,1H3,(H,11,13). The van der Waals surface area contributed by atoms with E-state index < -0.39 is 0 Å². The van der Waals surface area contributed by atoms with Gasteiger partial charge in [0.25, 0.3) is 0 Å². The fourth-order valence-electron chi connectivity index (χ4n) is 1.62. The first-order valence-corrected chi connectivity index (χ1v) is 5.72. The number of nitrogens with one attached hydrogen (secondary N) is 1. The van der Waals surface area contributed by atoms with Gasteiger partial charge in [-0.1, -0.05) is 23.8 Å². The van der Waals surface area contributed by atoms with E-state index in [1.807, 2.05) is 0 Å². The van der Waals surface area contributed by atoms with Gasteiger partial charge in [-0.3, -0.25) is 0 Å². The molecule has 0 spiro atoms. The number of nitrogens with zero attached hydrogens (tertiary/aromatic N) is 2. The maximum atomic E-state index is 5.88. The first-order chi connectivity index (χ1) is 6.70. The maximum Gasteiger partial charge on any atom is 0.186 e. The van der Waals surface area contributed by atoms with Gasteiger partial charge in [-0.2, -0.15) is 8.75 Å². The van der Waals surface area contributed by atoms with Gasteiger partial charge in [0.05, 0.1) is 11.7 Å². The highest BCUT2D eigenvalue weighted by molar-refractivity contribution is 6.99. The third kappa shape index (κ3) is 2.07. The molecule has 0 saturated heterocycles. The Bertz CT molecular complexity index is 350. The fraction of sp³-hybridized carbons (Fsp3) is 0.556. The Kier molecular flexibility index (Phi) is 2.74. The van der Waals surface area contributed by atoms with Crippen molar-refractivity contribution < 1.29 is 0 Å². The summed E-state index contributed by atoms with van der Waals surface area (Å²) >= 11 is 7.02. The third-order valence-corrected chi connectivity index (χ3v) is 3.36. The summed E-state index contributed by atoms with van der Waals surface area (Å²) in [5.74, 6) is 0.717. The van der Waals surface area contributed by atoms with Crippen LogP contribution in [0.3, 0.4) is 0 Å². The van der Waals surface area contributed by atoms with Gasteiger partial charge in [0.1, 0.15) is 0 Å². The zero-order chi connectivity index (χ0) is 10.0. The minimum Gasteiger partial charge on any atom is -0.361 e. The number of anilines is 1. The summed E-state index contributed by atoms with van der Waals surface area (Å²) in [6.45, 7) is 2.19. The normalized spacial score (nSPS) is 26.4. The van der Waals surface area contributed by atoms with Crippen LogP contribution < -0.4 is 5.32 Å². The molecule has 0 radical (unpaired) electrons. The highest BCUT2D eigenvalue weighted by Gasteiger charge is 2.25. The van der Waals surface area contributed by atoms with Crippen LogP contribution in [0.1, 0.15) is 26.2 Å². The summed E-state index contributed by atoms with van der Waals surface area (Å²) in [6.07, 6.45) is 7.64. The molecule has 5 heteroatoms. The molecule has 1 N–H and O–H groups in total. The molecule has 76 valence electrons. The molecule has 2 rings (SSSR count). The minimum absolute atomic E-state index is 0.0775. The van der Waals surface area contributed by atoms with Crippen molar-refractivity contribution in [3.05, 3.63) is 17.3 Å². The summed E-state index contributed by atoms with van der Waals surface area (Å²) in [6, 6.07) is 0. The number of aromatic nitrogens is 2. The van der Waals surface area contributed by atoms with Crippen molar-refractivity contribution >= 4 is 29.1 Å². The molecule has 1 aromatic rings. The molecule has 0 aromatic carbocycles. The van der Waals surface area contributed by atoms with Crippen molar-refractivity contribution in [1.82, 2.24) is 8.75 Å². The van der Waals surface area contributed by atoms with Gasteiger partial charge in [0.15, 0.2) is 11.0 Å². The van der Waals surface area contributed by atoms with Crippen LogP contribution in [0, 0.1) is 0 Å². The van der Waals surface area contributed by atoms with Crippen LogP contribution in [0.2, 0.25) is 5.15 Å². The van der Waals surface area contributed by atoms with E-state index in [1.54, 1.807) is 0 Å². The van der Waals surface area contributed by atoms with E-state index in [-0.39, 0.29) is 5.54 Å². The quantitative estimate of drug-likeness (QED) is 0.792. The smallest absolute Gasteiger partial charge is 0.186 e. The zero-order valence-electron chi connectivity index (χ0n) is 7.96. The maximum absolute atomic E-state index is 5.88. The Morgan fingerprint density at radius 2 is 2.36 bits per heavy atom. The molecular formula is C9H12ClN3S. The molecule has 0 saturated carbocycles. The molecule has 1 aliphatic rings. The van der Waals surface area contributed by atoms with Gasteiger partial charge >= 0.3 is 0 Å². The lowest BCUT2D eigenvalue weighted by molar-refractivity contribution is 0.465. The number of rotatable bonds is 2. The van der Waals surface area contributed by atoms with E-state index in [9.17, 15) is 0 Å². The van der Waals surface area contributed by atoms with E-state index in [0.29, 0.717) is 5.15 Å². The SMILES string of the molecule is CC1(Nc2nsnc2Cl)CC=CCC1. The summed E-state index contributed by atoms with van der Waals surface area (Å²) in [5, 5.41) is 3.84. The lowest BCUT2D eigenvalue weighted by atomic mass is 9.88. The average molecular weight is 230 g/mol. The number of hydrogen-bond donors (Lipinski definition) is 1. The van der Waals surface area contributed by atoms with Gasteiger partial charge in [-0.05, 0) is 26.2 Å². The van der Waals surface area contributed by atoms with Crippen molar-refractivity contribution in [1.29, 1.82) is 0 Å². The summed E-state index contributed by atoms with van der Waals surface area (Å²) in [5.41, 5.74) is 0.0775. The summed E-state index contributed by atoms with van der Waals surface area (Å²) in [4.78, 5) is 0. The van der Waals surface area contributed by atoms with E-state index in [1.165, 1.54) is 0 Å². The Hall–Kier alpha value is -0.610. The average Bonchev–Trinajstić information content (AvgIpc) is 2.52. The summed E-state index contributed by atoms with van der Waals surface area (Å²) in [7, 11) is 0. The predicted molar refractivity (Wildman–Crippen MR) is 59.9 cm³/mol. The lowest BCUT2D eigenvalue weighted by Gasteiger charge is -2.31. The number of allylic oxidation sites excluding steroid dienone is 1.